The Hall–Kier alpha value is -2.59. The van der Waals surface area contributed by atoms with Crippen molar-refractivity contribution < 1.29 is 5.11 Å². The minimum Gasteiger partial charge on any atom is -0.494 e. The zero-order valence-electron chi connectivity index (χ0n) is 14.2. The van der Waals surface area contributed by atoms with Crippen molar-refractivity contribution in [1.82, 2.24) is 9.88 Å². The maximum Gasteiger partial charge on any atom is 0.198 e. The molecule has 0 spiro atoms. The second kappa shape index (κ2) is 7.11. The number of aromatic nitrogens is 1. The van der Waals surface area contributed by atoms with E-state index in [-0.39, 0.29) is 5.88 Å². The SMILES string of the molecule is Oc1[nH]c2ccccc2c1C=NC1CCN(Cc2ccccc2)CC1. The van der Waals surface area contributed by atoms with Crippen molar-refractivity contribution in [2.24, 2.45) is 4.99 Å². The molecule has 0 unspecified atom stereocenters. The molecule has 0 radical (unpaired) electrons. The fourth-order valence-corrected chi connectivity index (χ4v) is 3.53. The lowest BCUT2D eigenvalue weighted by Crippen LogP contribution is -2.34. The second-order valence-electron chi connectivity index (χ2n) is 6.70. The number of likely N-dealkylation sites (tertiary alicyclic amines) is 1. The van der Waals surface area contributed by atoms with Crippen molar-refractivity contribution in [3.8, 4) is 5.88 Å². The number of piperidine rings is 1. The largest absolute Gasteiger partial charge is 0.494 e. The van der Waals surface area contributed by atoms with Crippen molar-refractivity contribution in [2.45, 2.75) is 25.4 Å². The summed E-state index contributed by atoms with van der Waals surface area (Å²) in [5, 5.41) is 11.1. The minimum atomic E-state index is 0.200. The van der Waals surface area contributed by atoms with Crippen molar-refractivity contribution in [2.75, 3.05) is 13.1 Å². The number of aliphatic imine (C=N–C) groups is 1. The smallest absolute Gasteiger partial charge is 0.198 e. The Labute approximate surface area is 147 Å². The zero-order valence-corrected chi connectivity index (χ0v) is 14.2. The van der Waals surface area contributed by atoms with Crippen molar-refractivity contribution in [1.29, 1.82) is 0 Å². The standard InChI is InChI=1S/C21H23N3O/c25-21-19(18-8-4-5-9-20(18)23-21)14-22-17-10-12-24(13-11-17)15-16-6-2-1-3-7-16/h1-9,14,17,23,25H,10-13,15H2. The number of nitrogens with one attached hydrogen (secondary N) is 1. The van der Waals surface area contributed by atoms with Crippen LogP contribution in [0.3, 0.4) is 0 Å². The fraction of sp³-hybridized carbons (Fsp3) is 0.286. The number of aromatic amines is 1. The fourth-order valence-electron chi connectivity index (χ4n) is 3.53. The van der Waals surface area contributed by atoms with Crippen molar-refractivity contribution in [3.05, 3.63) is 65.7 Å². The highest BCUT2D eigenvalue weighted by Crippen LogP contribution is 2.25. The molecule has 1 fully saturated rings. The molecule has 2 aromatic carbocycles. The first-order valence-electron chi connectivity index (χ1n) is 8.89. The number of fused-ring (bicyclic) bond motifs is 1. The molecule has 3 aromatic rings. The van der Waals surface area contributed by atoms with E-state index in [2.05, 4.69) is 40.2 Å². The van der Waals surface area contributed by atoms with E-state index < -0.39 is 0 Å². The van der Waals surface area contributed by atoms with Crippen molar-refractivity contribution >= 4 is 17.1 Å². The van der Waals surface area contributed by atoms with Gasteiger partial charge in [-0.2, -0.15) is 0 Å². The zero-order chi connectivity index (χ0) is 17.1. The number of aromatic hydroxyl groups is 1. The van der Waals surface area contributed by atoms with E-state index in [1.165, 1.54) is 5.56 Å². The number of H-pyrrole nitrogens is 1. The highest BCUT2D eigenvalue weighted by atomic mass is 16.3. The molecule has 1 aliphatic rings. The molecule has 1 aromatic heterocycles. The van der Waals surface area contributed by atoms with Gasteiger partial charge < -0.3 is 10.1 Å². The summed E-state index contributed by atoms with van der Waals surface area (Å²) in [6.07, 6.45) is 3.96. The third-order valence-corrected chi connectivity index (χ3v) is 4.95. The summed E-state index contributed by atoms with van der Waals surface area (Å²) in [6, 6.07) is 18.9. The lowest BCUT2D eigenvalue weighted by molar-refractivity contribution is 0.206. The van der Waals surface area contributed by atoms with Gasteiger partial charge in [0.25, 0.3) is 0 Å². The molecule has 0 saturated carbocycles. The molecule has 2 N–H and O–H groups in total. The molecule has 4 nitrogen and oxygen atoms in total. The highest BCUT2D eigenvalue weighted by Gasteiger charge is 2.18. The van der Waals surface area contributed by atoms with Gasteiger partial charge in [-0.05, 0) is 24.5 Å². The summed E-state index contributed by atoms with van der Waals surface area (Å²) >= 11 is 0. The van der Waals surface area contributed by atoms with Crippen LogP contribution in [-0.2, 0) is 6.54 Å². The van der Waals surface area contributed by atoms with E-state index in [1.807, 2.05) is 30.5 Å². The summed E-state index contributed by atoms with van der Waals surface area (Å²) in [4.78, 5) is 10.2. The number of nitrogens with zero attached hydrogens (tertiary/aromatic N) is 2. The molecule has 0 bridgehead atoms. The lowest BCUT2D eigenvalue weighted by Gasteiger charge is -2.30. The van der Waals surface area contributed by atoms with Crippen LogP contribution >= 0.6 is 0 Å². The van der Waals surface area contributed by atoms with Crippen LogP contribution in [0.1, 0.15) is 24.0 Å². The average molecular weight is 333 g/mol. The molecule has 1 saturated heterocycles. The topological polar surface area (TPSA) is 51.6 Å². The van der Waals surface area contributed by atoms with Gasteiger partial charge in [0.2, 0.25) is 0 Å². The Kier molecular flexibility index (Phi) is 4.53. The van der Waals surface area contributed by atoms with Gasteiger partial charge in [-0.15, -0.1) is 0 Å². The maximum absolute atomic E-state index is 10.1. The Balaban J connectivity index is 1.38. The van der Waals surface area contributed by atoms with Crippen LogP contribution in [0.4, 0.5) is 0 Å². The predicted octanol–water partition coefficient (Wildman–Crippen LogP) is 3.96. The van der Waals surface area contributed by atoms with Crippen LogP contribution < -0.4 is 0 Å². The summed E-state index contributed by atoms with van der Waals surface area (Å²) in [5.74, 6) is 0.200. The summed E-state index contributed by atoms with van der Waals surface area (Å²) in [5.41, 5.74) is 3.11. The summed E-state index contributed by atoms with van der Waals surface area (Å²) in [7, 11) is 0. The van der Waals surface area contributed by atoms with Crippen LogP contribution in [-0.4, -0.2) is 40.3 Å². The van der Waals surface area contributed by atoms with E-state index in [0.29, 0.717) is 6.04 Å². The molecule has 25 heavy (non-hydrogen) atoms. The quantitative estimate of drug-likeness (QED) is 0.710. The van der Waals surface area contributed by atoms with E-state index in [4.69, 9.17) is 4.99 Å². The van der Waals surface area contributed by atoms with Gasteiger partial charge in [-0.3, -0.25) is 9.89 Å². The molecule has 0 atom stereocenters. The van der Waals surface area contributed by atoms with Crippen LogP contribution in [0, 0.1) is 0 Å². The summed E-state index contributed by atoms with van der Waals surface area (Å²) < 4.78 is 0. The Bertz CT molecular complexity index is 861. The minimum absolute atomic E-state index is 0.200. The van der Waals surface area contributed by atoms with Gasteiger partial charge >= 0.3 is 0 Å². The van der Waals surface area contributed by atoms with Crippen molar-refractivity contribution in [3.63, 3.8) is 0 Å². The third kappa shape index (κ3) is 3.59. The average Bonchev–Trinajstić information content (AvgIpc) is 2.97. The molecular weight excluding hydrogens is 310 g/mol. The van der Waals surface area contributed by atoms with E-state index in [0.717, 1.165) is 48.9 Å². The molecular formula is C21H23N3O. The van der Waals surface area contributed by atoms with E-state index in [1.54, 1.807) is 0 Å². The third-order valence-electron chi connectivity index (χ3n) is 4.95. The van der Waals surface area contributed by atoms with Gasteiger partial charge in [0, 0.05) is 36.8 Å². The molecule has 128 valence electrons. The molecule has 1 aliphatic heterocycles. The van der Waals surface area contributed by atoms with E-state index >= 15 is 0 Å². The number of hydrogen-bond acceptors (Lipinski definition) is 3. The van der Waals surface area contributed by atoms with Crippen LogP contribution in [0.15, 0.2) is 59.6 Å². The van der Waals surface area contributed by atoms with Gasteiger partial charge in [0.1, 0.15) is 0 Å². The van der Waals surface area contributed by atoms with Gasteiger partial charge in [0.05, 0.1) is 11.6 Å². The van der Waals surface area contributed by atoms with Crippen LogP contribution in [0.2, 0.25) is 0 Å². The first-order valence-corrected chi connectivity index (χ1v) is 8.89. The molecule has 4 rings (SSSR count). The molecule has 0 aliphatic carbocycles. The van der Waals surface area contributed by atoms with Gasteiger partial charge in [-0.25, -0.2) is 0 Å². The highest BCUT2D eigenvalue weighted by molar-refractivity contribution is 6.01. The second-order valence-corrected chi connectivity index (χ2v) is 6.70. The number of hydrogen-bond donors (Lipinski definition) is 2. The normalized spacial score (nSPS) is 16.8. The molecule has 0 amide bonds. The maximum atomic E-state index is 10.1. The van der Waals surface area contributed by atoms with Crippen LogP contribution in [0.25, 0.3) is 10.9 Å². The van der Waals surface area contributed by atoms with Crippen LogP contribution in [0.5, 0.6) is 5.88 Å². The van der Waals surface area contributed by atoms with Gasteiger partial charge in [0.15, 0.2) is 5.88 Å². The number of para-hydroxylation sites is 1. The number of rotatable bonds is 4. The summed E-state index contributed by atoms with van der Waals surface area (Å²) in [6.45, 7) is 3.15. The Morgan fingerprint density at radius 3 is 2.56 bits per heavy atom. The predicted molar refractivity (Wildman–Crippen MR) is 102 cm³/mol. The number of benzene rings is 2. The lowest BCUT2D eigenvalue weighted by atomic mass is 10.0. The molecule has 4 heteroatoms. The van der Waals surface area contributed by atoms with E-state index in [9.17, 15) is 5.11 Å². The Morgan fingerprint density at radius 1 is 1.04 bits per heavy atom. The van der Waals surface area contributed by atoms with Gasteiger partial charge in [-0.1, -0.05) is 48.5 Å². The first-order chi connectivity index (χ1) is 12.3. The monoisotopic (exact) mass is 333 g/mol. The Morgan fingerprint density at radius 2 is 1.76 bits per heavy atom. The molecule has 2 heterocycles. The first kappa shape index (κ1) is 15.9.